The van der Waals surface area contributed by atoms with Crippen molar-refractivity contribution in [3.63, 3.8) is 0 Å². The van der Waals surface area contributed by atoms with Crippen molar-refractivity contribution in [2.75, 3.05) is 13.1 Å². The molecule has 1 aromatic carbocycles. The Kier molecular flexibility index (Phi) is 3.62. The number of benzene rings is 1. The second kappa shape index (κ2) is 4.98. The van der Waals surface area contributed by atoms with Crippen molar-refractivity contribution in [1.29, 1.82) is 0 Å². The Morgan fingerprint density at radius 3 is 2.56 bits per heavy atom. The molecule has 0 amide bonds. The van der Waals surface area contributed by atoms with Crippen LogP contribution in [0.2, 0.25) is 0 Å². The van der Waals surface area contributed by atoms with Crippen LogP contribution in [0.25, 0.3) is 0 Å². The third-order valence-electron chi connectivity index (χ3n) is 3.68. The highest BCUT2D eigenvalue weighted by Crippen LogP contribution is 2.28. The van der Waals surface area contributed by atoms with E-state index >= 15 is 0 Å². The molecule has 1 heterocycles. The van der Waals surface area contributed by atoms with E-state index in [0.29, 0.717) is 5.92 Å². The molecular formula is C14H22N2. The summed E-state index contributed by atoms with van der Waals surface area (Å²) in [5.74, 6) is 0.641. The lowest BCUT2D eigenvalue weighted by Gasteiger charge is -2.29. The van der Waals surface area contributed by atoms with E-state index in [1.807, 2.05) is 0 Å². The lowest BCUT2D eigenvalue weighted by atomic mass is 9.84. The summed E-state index contributed by atoms with van der Waals surface area (Å²) < 4.78 is 0. The molecule has 2 heteroatoms. The van der Waals surface area contributed by atoms with Crippen LogP contribution in [0, 0.1) is 19.8 Å². The van der Waals surface area contributed by atoms with Crippen molar-refractivity contribution in [2.45, 2.75) is 32.7 Å². The Hall–Kier alpha value is -0.860. The molecule has 0 aliphatic carbocycles. The lowest BCUT2D eigenvalue weighted by Crippen LogP contribution is -2.34. The average molecular weight is 218 g/mol. The molecule has 0 bridgehead atoms. The Labute approximate surface area is 98.2 Å². The first-order chi connectivity index (χ1) is 7.68. The van der Waals surface area contributed by atoms with Crippen LogP contribution >= 0.6 is 0 Å². The second-order valence-corrected chi connectivity index (χ2v) is 4.97. The first-order valence-electron chi connectivity index (χ1n) is 6.22. The zero-order valence-corrected chi connectivity index (χ0v) is 10.3. The van der Waals surface area contributed by atoms with Crippen LogP contribution in [-0.4, -0.2) is 13.1 Å². The number of aryl methyl sites for hydroxylation is 2. The van der Waals surface area contributed by atoms with E-state index in [2.05, 4.69) is 37.4 Å². The number of hydrogen-bond acceptors (Lipinski definition) is 2. The highest BCUT2D eigenvalue weighted by atomic mass is 14.9. The van der Waals surface area contributed by atoms with Gasteiger partial charge in [-0.1, -0.05) is 23.8 Å². The molecule has 88 valence electrons. The van der Waals surface area contributed by atoms with Crippen molar-refractivity contribution < 1.29 is 0 Å². The van der Waals surface area contributed by atoms with Crippen molar-refractivity contribution in [3.8, 4) is 0 Å². The number of nitrogens with one attached hydrogen (secondary N) is 1. The summed E-state index contributed by atoms with van der Waals surface area (Å²) in [4.78, 5) is 0. The Bertz CT molecular complexity index is 354. The van der Waals surface area contributed by atoms with Gasteiger partial charge in [-0.3, -0.25) is 0 Å². The van der Waals surface area contributed by atoms with Crippen LogP contribution in [0.1, 0.15) is 35.6 Å². The molecule has 3 N–H and O–H groups in total. The van der Waals surface area contributed by atoms with Gasteiger partial charge in [-0.05, 0) is 56.8 Å². The summed E-state index contributed by atoms with van der Waals surface area (Å²) in [7, 11) is 0. The minimum absolute atomic E-state index is 0.211. The van der Waals surface area contributed by atoms with Gasteiger partial charge in [0, 0.05) is 6.04 Å². The minimum Gasteiger partial charge on any atom is -0.324 e. The maximum atomic E-state index is 6.39. The van der Waals surface area contributed by atoms with Crippen LogP contribution in [0.15, 0.2) is 18.2 Å². The highest BCUT2D eigenvalue weighted by molar-refractivity contribution is 5.33. The molecule has 1 unspecified atom stereocenters. The predicted octanol–water partition coefficient (Wildman–Crippen LogP) is 2.30. The Balaban J connectivity index is 2.15. The molecule has 1 aliphatic rings. The molecule has 2 nitrogen and oxygen atoms in total. The molecule has 1 atom stereocenters. The van der Waals surface area contributed by atoms with Gasteiger partial charge >= 0.3 is 0 Å². The fraction of sp³-hybridized carbons (Fsp3) is 0.571. The van der Waals surface area contributed by atoms with Crippen LogP contribution < -0.4 is 11.1 Å². The summed E-state index contributed by atoms with van der Waals surface area (Å²) in [6, 6.07) is 6.82. The Morgan fingerprint density at radius 1 is 1.25 bits per heavy atom. The van der Waals surface area contributed by atoms with E-state index in [-0.39, 0.29) is 6.04 Å². The van der Waals surface area contributed by atoms with Gasteiger partial charge in [0.2, 0.25) is 0 Å². The Morgan fingerprint density at radius 2 is 1.94 bits per heavy atom. The maximum absolute atomic E-state index is 6.39. The van der Waals surface area contributed by atoms with Crippen LogP contribution in [0.3, 0.4) is 0 Å². The van der Waals surface area contributed by atoms with E-state index in [1.165, 1.54) is 29.5 Å². The molecule has 1 fully saturated rings. The molecule has 1 aromatic rings. The fourth-order valence-corrected chi connectivity index (χ4v) is 2.66. The van der Waals surface area contributed by atoms with E-state index in [9.17, 15) is 0 Å². The van der Waals surface area contributed by atoms with Crippen molar-refractivity contribution >= 4 is 0 Å². The number of hydrogen-bond donors (Lipinski definition) is 2. The second-order valence-electron chi connectivity index (χ2n) is 4.97. The summed E-state index contributed by atoms with van der Waals surface area (Å²) in [6.07, 6.45) is 2.41. The average Bonchev–Trinajstić information content (AvgIpc) is 2.29. The van der Waals surface area contributed by atoms with E-state index < -0.39 is 0 Å². The zero-order valence-electron chi connectivity index (χ0n) is 10.3. The maximum Gasteiger partial charge on any atom is 0.0327 e. The SMILES string of the molecule is Cc1ccc(C(N)C2CCNCC2)c(C)c1. The first-order valence-corrected chi connectivity index (χ1v) is 6.22. The van der Waals surface area contributed by atoms with Crippen molar-refractivity contribution in [2.24, 2.45) is 11.7 Å². The van der Waals surface area contributed by atoms with Gasteiger partial charge in [0.15, 0.2) is 0 Å². The van der Waals surface area contributed by atoms with Crippen molar-refractivity contribution in [1.82, 2.24) is 5.32 Å². The van der Waals surface area contributed by atoms with E-state index in [4.69, 9.17) is 5.73 Å². The highest BCUT2D eigenvalue weighted by Gasteiger charge is 2.22. The molecule has 1 saturated heterocycles. The minimum atomic E-state index is 0.211. The van der Waals surface area contributed by atoms with Crippen LogP contribution in [0.4, 0.5) is 0 Å². The fourth-order valence-electron chi connectivity index (χ4n) is 2.66. The summed E-state index contributed by atoms with van der Waals surface area (Å²) >= 11 is 0. The molecule has 0 spiro atoms. The van der Waals surface area contributed by atoms with E-state index in [0.717, 1.165) is 13.1 Å². The number of nitrogens with two attached hydrogens (primary N) is 1. The standard InChI is InChI=1S/C14H22N2/c1-10-3-4-13(11(2)9-10)14(15)12-5-7-16-8-6-12/h3-4,9,12,14,16H,5-8,15H2,1-2H3. The van der Waals surface area contributed by atoms with Crippen LogP contribution in [0.5, 0.6) is 0 Å². The summed E-state index contributed by atoms with van der Waals surface area (Å²) in [5, 5.41) is 3.39. The summed E-state index contributed by atoms with van der Waals surface area (Å²) in [6.45, 7) is 6.53. The number of rotatable bonds is 2. The van der Waals surface area contributed by atoms with Gasteiger partial charge in [0.1, 0.15) is 0 Å². The third-order valence-corrected chi connectivity index (χ3v) is 3.68. The molecule has 16 heavy (non-hydrogen) atoms. The number of piperidine rings is 1. The van der Waals surface area contributed by atoms with Gasteiger partial charge in [0.25, 0.3) is 0 Å². The van der Waals surface area contributed by atoms with Gasteiger partial charge in [-0.15, -0.1) is 0 Å². The molecule has 1 aliphatic heterocycles. The zero-order chi connectivity index (χ0) is 11.5. The third kappa shape index (κ3) is 2.45. The van der Waals surface area contributed by atoms with Gasteiger partial charge in [-0.2, -0.15) is 0 Å². The molecule has 0 radical (unpaired) electrons. The lowest BCUT2D eigenvalue weighted by molar-refractivity contribution is 0.321. The smallest absolute Gasteiger partial charge is 0.0327 e. The predicted molar refractivity (Wildman–Crippen MR) is 68.4 cm³/mol. The first kappa shape index (κ1) is 11.6. The van der Waals surface area contributed by atoms with Crippen LogP contribution in [-0.2, 0) is 0 Å². The molecular weight excluding hydrogens is 196 g/mol. The monoisotopic (exact) mass is 218 g/mol. The normalized spacial score (nSPS) is 19.7. The van der Waals surface area contributed by atoms with Crippen molar-refractivity contribution in [3.05, 3.63) is 34.9 Å². The largest absolute Gasteiger partial charge is 0.324 e. The summed E-state index contributed by atoms with van der Waals surface area (Å²) in [5.41, 5.74) is 10.4. The van der Waals surface area contributed by atoms with E-state index in [1.54, 1.807) is 0 Å². The molecule has 0 saturated carbocycles. The topological polar surface area (TPSA) is 38.0 Å². The van der Waals surface area contributed by atoms with Gasteiger partial charge < -0.3 is 11.1 Å². The van der Waals surface area contributed by atoms with Gasteiger partial charge in [0.05, 0.1) is 0 Å². The van der Waals surface area contributed by atoms with Gasteiger partial charge in [-0.25, -0.2) is 0 Å². The molecule has 2 rings (SSSR count). The molecule has 0 aromatic heterocycles. The quantitative estimate of drug-likeness (QED) is 0.799.